The molecule has 0 saturated heterocycles. The van der Waals surface area contributed by atoms with Crippen LogP contribution in [0.25, 0.3) is 0 Å². The molecule has 1 aliphatic rings. The summed E-state index contributed by atoms with van der Waals surface area (Å²) in [6.45, 7) is 4.09. The van der Waals surface area contributed by atoms with Gasteiger partial charge in [-0.2, -0.15) is 0 Å². The van der Waals surface area contributed by atoms with Crippen LogP contribution >= 0.6 is 23.4 Å². The first kappa shape index (κ1) is 15.7. The first-order chi connectivity index (χ1) is 9.44. The molecule has 1 aliphatic carbocycles. The number of rotatable bonds is 7. The Morgan fingerprint density at radius 3 is 2.75 bits per heavy atom. The number of carbonyl (C=O) groups is 1. The van der Waals surface area contributed by atoms with Crippen molar-refractivity contribution in [2.75, 3.05) is 5.75 Å². The van der Waals surface area contributed by atoms with E-state index < -0.39 is 5.54 Å². The Morgan fingerprint density at radius 2 is 2.25 bits per heavy atom. The number of primary amides is 1. The number of hydrogen-bond acceptors (Lipinski definition) is 3. The molecule has 0 spiro atoms. The molecule has 1 aromatic rings. The number of nitrogens with one attached hydrogen (secondary N) is 1. The van der Waals surface area contributed by atoms with Gasteiger partial charge in [0.15, 0.2) is 0 Å². The van der Waals surface area contributed by atoms with Gasteiger partial charge in [0.2, 0.25) is 5.91 Å². The number of carbonyl (C=O) groups excluding carboxylic acids is 1. The highest BCUT2D eigenvalue weighted by atomic mass is 35.5. The van der Waals surface area contributed by atoms with Crippen molar-refractivity contribution in [3.8, 4) is 0 Å². The minimum Gasteiger partial charge on any atom is -0.368 e. The number of benzene rings is 1. The molecule has 5 heteroatoms. The zero-order chi connectivity index (χ0) is 14.8. The van der Waals surface area contributed by atoms with Gasteiger partial charge in [0.25, 0.3) is 0 Å². The van der Waals surface area contributed by atoms with E-state index in [0.717, 1.165) is 17.7 Å². The van der Waals surface area contributed by atoms with E-state index in [9.17, 15) is 4.79 Å². The Kier molecular flexibility index (Phi) is 4.99. The van der Waals surface area contributed by atoms with Crippen molar-refractivity contribution in [2.45, 2.75) is 43.2 Å². The van der Waals surface area contributed by atoms with Gasteiger partial charge in [0.05, 0.1) is 0 Å². The third-order valence-corrected chi connectivity index (χ3v) is 4.94. The predicted octanol–water partition coefficient (Wildman–Crippen LogP) is 3.06. The van der Waals surface area contributed by atoms with Crippen LogP contribution in [-0.4, -0.2) is 23.2 Å². The number of nitrogens with two attached hydrogens (primary N) is 1. The minimum absolute atomic E-state index is 0.225. The Hall–Kier alpha value is -0.710. The normalized spacial score (nSPS) is 18.0. The van der Waals surface area contributed by atoms with Crippen molar-refractivity contribution in [1.82, 2.24) is 5.32 Å². The molecule has 0 heterocycles. The smallest absolute Gasteiger partial charge is 0.238 e. The van der Waals surface area contributed by atoms with E-state index in [0.29, 0.717) is 16.7 Å². The van der Waals surface area contributed by atoms with E-state index in [4.69, 9.17) is 17.3 Å². The van der Waals surface area contributed by atoms with Crippen LogP contribution in [0, 0.1) is 5.92 Å². The molecule has 1 amide bonds. The fourth-order valence-corrected chi connectivity index (χ4v) is 3.96. The van der Waals surface area contributed by atoms with Crippen molar-refractivity contribution < 1.29 is 4.79 Å². The Labute approximate surface area is 129 Å². The van der Waals surface area contributed by atoms with Gasteiger partial charge < -0.3 is 11.1 Å². The summed E-state index contributed by atoms with van der Waals surface area (Å²) in [5.41, 5.74) is 5.10. The van der Waals surface area contributed by atoms with Crippen LogP contribution in [0.5, 0.6) is 0 Å². The molecule has 20 heavy (non-hydrogen) atoms. The molecule has 0 aromatic heterocycles. The zero-order valence-electron chi connectivity index (χ0n) is 11.9. The van der Waals surface area contributed by atoms with Crippen LogP contribution in [0.15, 0.2) is 29.2 Å². The first-order valence-electron chi connectivity index (χ1n) is 6.90. The molecule has 1 fully saturated rings. The fourth-order valence-electron chi connectivity index (χ4n) is 2.47. The summed E-state index contributed by atoms with van der Waals surface area (Å²) in [7, 11) is 0. The number of thioether (sulfide) groups is 1. The molecule has 1 atom stereocenters. The molecule has 3 N–H and O–H groups in total. The molecular formula is C15H21ClN2OS. The highest BCUT2D eigenvalue weighted by Gasteiger charge is 2.49. The lowest BCUT2D eigenvalue weighted by Gasteiger charge is -2.33. The van der Waals surface area contributed by atoms with Crippen LogP contribution < -0.4 is 11.1 Å². The third kappa shape index (κ3) is 3.68. The van der Waals surface area contributed by atoms with Gasteiger partial charge in [-0.3, -0.25) is 4.79 Å². The third-order valence-electron chi connectivity index (χ3n) is 3.52. The molecular weight excluding hydrogens is 292 g/mol. The van der Waals surface area contributed by atoms with Gasteiger partial charge in [-0.1, -0.05) is 17.7 Å². The molecule has 1 aromatic carbocycles. The fraction of sp³-hybridized carbons (Fsp3) is 0.533. The van der Waals surface area contributed by atoms with Crippen molar-refractivity contribution >= 4 is 29.3 Å². The summed E-state index contributed by atoms with van der Waals surface area (Å²) in [5.74, 6) is 0.753. The summed E-state index contributed by atoms with van der Waals surface area (Å²) in [4.78, 5) is 13.1. The monoisotopic (exact) mass is 312 g/mol. The minimum atomic E-state index is -0.610. The van der Waals surface area contributed by atoms with E-state index in [2.05, 4.69) is 5.32 Å². The summed E-state index contributed by atoms with van der Waals surface area (Å²) in [5, 5.41) is 4.12. The van der Waals surface area contributed by atoms with Crippen LogP contribution in [0.1, 0.15) is 26.7 Å². The Balaban J connectivity index is 2.13. The first-order valence-corrected chi connectivity index (χ1v) is 8.26. The molecule has 110 valence electrons. The highest BCUT2D eigenvalue weighted by molar-refractivity contribution is 7.99. The topological polar surface area (TPSA) is 55.1 Å². The molecule has 1 unspecified atom stereocenters. The summed E-state index contributed by atoms with van der Waals surface area (Å²) >= 11 is 7.63. The van der Waals surface area contributed by atoms with Crippen LogP contribution in [-0.2, 0) is 4.79 Å². The maximum atomic E-state index is 12.0. The number of hydrogen-bond donors (Lipinski definition) is 2. The molecule has 1 saturated carbocycles. The Bertz CT molecular complexity index is 491. The second kappa shape index (κ2) is 6.37. The van der Waals surface area contributed by atoms with Crippen molar-refractivity contribution in [3.05, 3.63) is 29.3 Å². The lowest BCUT2D eigenvalue weighted by molar-refractivity contribution is -0.124. The summed E-state index contributed by atoms with van der Waals surface area (Å²) < 4.78 is 0. The van der Waals surface area contributed by atoms with Gasteiger partial charge in [-0.25, -0.2) is 0 Å². The quantitative estimate of drug-likeness (QED) is 0.761. The molecule has 3 nitrogen and oxygen atoms in total. The summed E-state index contributed by atoms with van der Waals surface area (Å²) in [6.07, 6.45) is 2.14. The van der Waals surface area contributed by atoms with E-state index in [1.54, 1.807) is 11.8 Å². The SMILES string of the molecule is CC(C)NC(CSc1cccc(Cl)c1)(C(N)=O)C1CC1. The van der Waals surface area contributed by atoms with Crippen molar-refractivity contribution in [2.24, 2.45) is 11.7 Å². The van der Waals surface area contributed by atoms with E-state index in [-0.39, 0.29) is 11.9 Å². The van der Waals surface area contributed by atoms with E-state index in [1.807, 2.05) is 38.1 Å². The second-order valence-electron chi connectivity index (χ2n) is 5.65. The average molecular weight is 313 g/mol. The van der Waals surface area contributed by atoms with Gasteiger partial charge in [0.1, 0.15) is 5.54 Å². The van der Waals surface area contributed by atoms with Crippen molar-refractivity contribution in [1.29, 1.82) is 0 Å². The molecule has 0 bridgehead atoms. The van der Waals surface area contributed by atoms with Gasteiger partial charge in [-0.15, -0.1) is 11.8 Å². The lowest BCUT2D eigenvalue weighted by Crippen LogP contribution is -2.61. The number of halogens is 1. The number of amides is 1. The Morgan fingerprint density at radius 1 is 1.55 bits per heavy atom. The average Bonchev–Trinajstić information content (AvgIpc) is 3.18. The maximum absolute atomic E-state index is 12.0. The standard InChI is InChI=1S/C15H21ClN2OS/c1-10(2)18-15(14(17)19,11-6-7-11)9-20-13-5-3-4-12(16)8-13/h3-5,8,10-11,18H,6-7,9H2,1-2H3,(H2,17,19). The van der Waals surface area contributed by atoms with Gasteiger partial charge in [0, 0.05) is 21.7 Å². The van der Waals surface area contributed by atoms with E-state index in [1.165, 1.54) is 0 Å². The maximum Gasteiger partial charge on any atom is 0.238 e. The van der Waals surface area contributed by atoms with Crippen molar-refractivity contribution in [3.63, 3.8) is 0 Å². The summed E-state index contributed by atoms with van der Waals surface area (Å²) in [6, 6.07) is 7.91. The largest absolute Gasteiger partial charge is 0.368 e. The predicted molar refractivity (Wildman–Crippen MR) is 85.1 cm³/mol. The van der Waals surface area contributed by atoms with Crippen LogP contribution in [0.2, 0.25) is 5.02 Å². The molecule has 2 rings (SSSR count). The van der Waals surface area contributed by atoms with Gasteiger partial charge in [-0.05, 0) is 50.8 Å². The lowest BCUT2D eigenvalue weighted by atomic mass is 9.93. The van der Waals surface area contributed by atoms with Crippen LogP contribution in [0.3, 0.4) is 0 Å². The molecule has 0 radical (unpaired) electrons. The van der Waals surface area contributed by atoms with Crippen LogP contribution in [0.4, 0.5) is 0 Å². The zero-order valence-corrected chi connectivity index (χ0v) is 13.4. The van der Waals surface area contributed by atoms with E-state index >= 15 is 0 Å². The highest BCUT2D eigenvalue weighted by Crippen LogP contribution is 2.42. The second-order valence-corrected chi connectivity index (χ2v) is 7.14. The molecule has 0 aliphatic heterocycles. The van der Waals surface area contributed by atoms with Gasteiger partial charge >= 0.3 is 0 Å².